The van der Waals surface area contributed by atoms with Crippen LogP contribution >= 0.6 is 0 Å². The molecule has 304 valence electrons. The summed E-state index contributed by atoms with van der Waals surface area (Å²) in [6.07, 6.45) is 10.5. The van der Waals surface area contributed by atoms with Crippen LogP contribution in [0.1, 0.15) is 77.0 Å². The fourth-order valence-electron chi connectivity index (χ4n) is 13.4. The molecule has 0 spiro atoms. The molecule has 18 heteroatoms. The summed E-state index contributed by atoms with van der Waals surface area (Å²) in [5.41, 5.74) is 0. The van der Waals surface area contributed by atoms with E-state index in [1.54, 1.807) is 0 Å². The van der Waals surface area contributed by atoms with E-state index in [0.29, 0.717) is 11.8 Å². The van der Waals surface area contributed by atoms with E-state index in [4.69, 9.17) is 0 Å². The molecule has 8 bridgehead atoms. The minimum absolute atomic E-state index is 0. The predicted octanol–water partition coefficient (Wildman–Crippen LogP) is -5.50. The molecule has 9 aliphatic rings. The van der Waals surface area contributed by atoms with Crippen molar-refractivity contribution in [1.82, 2.24) is 42.5 Å². The Bertz CT molecular complexity index is 1350. The van der Waals surface area contributed by atoms with Crippen LogP contribution in [0.2, 0.25) is 0 Å². The summed E-state index contributed by atoms with van der Waals surface area (Å²) in [7, 11) is 0. The molecule has 0 aromatic rings. The van der Waals surface area contributed by atoms with Crippen LogP contribution in [0.4, 0.5) is 0 Å². The maximum atomic E-state index is 13.0. The van der Waals surface area contributed by atoms with Crippen LogP contribution in [-0.4, -0.2) is 73.2 Å². The molecule has 0 aromatic heterocycles. The topological polar surface area (TPSA) is 257 Å². The SMILES string of the molecule is O=C([O-])C1C(C(=O)[O-])C(C(=O)[O-])C2C3NC4NC(NC5NC(NC6NC(NC(N3)C2C1C(=O)[O-])C1CCCCC61)C1CCCCC51)C1CCCCC41.[Ni+2].[Ni+2]. The summed E-state index contributed by atoms with van der Waals surface area (Å²) in [5, 5.41) is 81.6. The number of hydrogen-bond donors (Lipinski definition) is 8. The molecule has 5 aliphatic heterocycles. The number of carboxylic acid groups (broad SMARTS) is 4. The van der Waals surface area contributed by atoms with Crippen molar-refractivity contribution in [3.8, 4) is 0 Å². The molecule has 20 unspecified atom stereocenters. The van der Waals surface area contributed by atoms with Gasteiger partial charge < -0.3 is 39.6 Å². The summed E-state index contributed by atoms with van der Waals surface area (Å²) in [6, 6.07) is 0. The fraction of sp³-hybridized carbons (Fsp3) is 0.889. The van der Waals surface area contributed by atoms with Gasteiger partial charge in [0.1, 0.15) is 0 Å². The Kier molecular flexibility index (Phi) is 12.1. The molecule has 9 rings (SSSR count). The first-order valence-corrected chi connectivity index (χ1v) is 20.0. The Hall–Kier alpha value is -1.45. The van der Waals surface area contributed by atoms with Crippen molar-refractivity contribution in [3.63, 3.8) is 0 Å². The number of fused-ring (bicyclic) bond motifs is 20. The van der Waals surface area contributed by atoms with E-state index in [1.165, 1.54) is 12.8 Å². The van der Waals surface area contributed by atoms with E-state index >= 15 is 0 Å². The second-order valence-corrected chi connectivity index (χ2v) is 17.5. The molecule has 0 radical (unpaired) electrons. The van der Waals surface area contributed by atoms with Gasteiger partial charge in [0, 0.05) is 59.4 Å². The Labute approximate surface area is 335 Å². The molecule has 9 fully saturated rings. The van der Waals surface area contributed by atoms with Gasteiger partial charge in [-0.25, -0.2) is 0 Å². The molecule has 16 nitrogen and oxygen atoms in total. The third-order valence-electron chi connectivity index (χ3n) is 15.4. The summed E-state index contributed by atoms with van der Waals surface area (Å²) in [4.78, 5) is 51.3. The standard InChI is InChI=1S/C36H56N8O8.2Ni/c45-33(46)21-19-20(22(34(47)48)24(36(51)52)23(21)35(49)50)32-43-30-18-12-6-4-10-16(18)28(41-30)39-26-14-8-2-1-7-13(14)25(37-26)38-27-15-9-3-5-11-17(15)29(40-27)42-31(19)44-32;;/h13-32,37-44H,1-12H2,(H,45,46)(H,47,48)(H,49,50)(H,51,52);;/q;2*+2/p-4. The van der Waals surface area contributed by atoms with Gasteiger partial charge in [0.25, 0.3) is 0 Å². The van der Waals surface area contributed by atoms with E-state index in [-0.39, 0.29) is 93.6 Å². The van der Waals surface area contributed by atoms with Crippen molar-refractivity contribution < 1.29 is 72.6 Å². The van der Waals surface area contributed by atoms with E-state index in [9.17, 15) is 39.6 Å². The third kappa shape index (κ3) is 6.75. The Morgan fingerprint density at radius 3 is 0.704 bits per heavy atom. The zero-order chi connectivity index (χ0) is 36.0. The molecule has 5 heterocycles. The number of nitrogens with one attached hydrogen (secondary N) is 8. The number of carbonyl (C=O) groups is 4. The van der Waals surface area contributed by atoms with Crippen LogP contribution in [0.3, 0.4) is 0 Å². The van der Waals surface area contributed by atoms with Gasteiger partial charge in [-0.05, 0) is 74.0 Å². The van der Waals surface area contributed by atoms with Crippen LogP contribution in [0, 0.1) is 71.0 Å². The average molecular weight is 842 g/mol. The first-order chi connectivity index (χ1) is 25.1. The van der Waals surface area contributed by atoms with Gasteiger partial charge in [0.2, 0.25) is 0 Å². The van der Waals surface area contributed by atoms with Gasteiger partial charge in [-0.15, -0.1) is 0 Å². The third-order valence-corrected chi connectivity index (χ3v) is 15.4. The maximum absolute atomic E-state index is 13.0. The van der Waals surface area contributed by atoms with Crippen molar-refractivity contribution in [2.75, 3.05) is 0 Å². The average Bonchev–Trinajstić information content (AvgIpc) is 3.86. The monoisotopic (exact) mass is 840 g/mol. The second-order valence-electron chi connectivity index (χ2n) is 17.5. The number of carboxylic acids is 4. The number of rotatable bonds is 4. The molecular formula is C36H52N8Ni2O8. The molecule has 0 amide bonds. The largest absolute Gasteiger partial charge is 2.00 e. The molecule has 8 N–H and O–H groups in total. The summed E-state index contributed by atoms with van der Waals surface area (Å²) in [5.74, 6) is -16.1. The van der Waals surface area contributed by atoms with Crippen molar-refractivity contribution in [2.24, 2.45) is 71.0 Å². The number of carbonyl (C=O) groups excluding carboxylic acids is 4. The van der Waals surface area contributed by atoms with Crippen LogP contribution < -0.4 is 63.0 Å². The molecule has 0 aromatic carbocycles. The molecule has 54 heavy (non-hydrogen) atoms. The maximum Gasteiger partial charge on any atom is 2.00 e. The van der Waals surface area contributed by atoms with Crippen LogP contribution in [0.15, 0.2) is 0 Å². The summed E-state index contributed by atoms with van der Waals surface area (Å²) < 4.78 is 0. The van der Waals surface area contributed by atoms with E-state index < -0.39 is 71.7 Å². The van der Waals surface area contributed by atoms with Crippen molar-refractivity contribution in [1.29, 1.82) is 0 Å². The Balaban J connectivity index is 0.00000225. The minimum Gasteiger partial charge on any atom is -0.550 e. The molecular weight excluding hydrogens is 790 g/mol. The molecule has 4 saturated carbocycles. The van der Waals surface area contributed by atoms with E-state index in [0.717, 1.165) is 64.2 Å². The number of aliphatic carboxylic acids is 4. The molecule has 4 aliphatic carbocycles. The summed E-state index contributed by atoms with van der Waals surface area (Å²) >= 11 is 0. The number of hydrogen-bond acceptors (Lipinski definition) is 16. The van der Waals surface area contributed by atoms with Gasteiger partial charge in [0.05, 0.1) is 49.3 Å². The molecule has 20 atom stereocenters. The van der Waals surface area contributed by atoms with Crippen LogP contribution in [0.25, 0.3) is 0 Å². The predicted molar refractivity (Wildman–Crippen MR) is 173 cm³/mol. The van der Waals surface area contributed by atoms with Crippen molar-refractivity contribution in [2.45, 2.75) is 126 Å². The van der Waals surface area contributed by atoms with Crippen molar-refractivity contribution in [3.05, 3.63) is 0 Å². The van der Waals surface area contributed by atoms with Crippen molar-refractivity contribution >= 4 is 23.9 Å². The van der Waals surface area contributed by atoms with Gasteiger partial charge >= 0.3 is 33.0 Å². The first kappa shape index (κ1) is 40.7. The van der Waals surface area contributed by atoms with E-state index in [1.807, 2.05) is 0 Å². The second kappa shape index (κ2) is 16.1. The van der Waals surface area contributed by atoms with Gasteiger partial charge in [-0.1, -0.05) is 38.5 Å². The Morgan fingerprint density at radius 1 is 0.315 bits per heavy atom. The zero-order valence-electron chi connectivity index (χ0n) is 29.9. The zero-order valence-corrected chi connectivity index (χ0v) is 31.9. The minimum atomic E-state index is -2.20. The van der Waals surface area contributed by atoms with Crippen LogP contribution in [0.5, 0.6) is 0 Å². The van der Waals surface area contributed by atoms with Gasteiger partial charge in [-0.2, -0.15) is 0 Å². The quantitative estimate of drug-likeness (QED) is 0.123. The van der Waals surface area contributed by atoms with E-state index in [2.05, 4.69) is 42.5 Å². The normalized spacial score (nSPS) is 50.5. The van der Waals surface area contributed by atoms with Gasteiger partial charge in [-0.3, -0.25) is 42.5 Å². The Morgan fingerprint density at radius 2 is 0.500 bits per heavy atom. The summed E-state index contributed by atoms with van der Waals surface area (Å²) in [6.45, 7) is 0. The fourth-order valence-corrected chi connectivity index (χ4v) is 13.4. The molecule has 5 saturated heterocycles. The van der Waals surface area contributed by atoms with Crippen LogP contribution in [-0.2, 0) is 52.2 Å². The smallest absolute Gasteiger partial charge is 0.550 e. The van der Waals surface area contributed by atoms with Gasteiger partial charge in [0.15, 0.2) is 0 Å². The first-order valence-electron chi connectivity index (χ1n) is 20.0.